The summed E-state index contributed by atoms with van der Waals surface area (Å²) < 4.78 is 5.46. The Balaban J connectivity index is 1.26. The van der Waals surface area contributed by atoms with Crippen molar-refractivity contribution in [3.05, 3.63) is 36.0 Å². The summed E-state index contributed by atoms with van der Waals surface area (Å²) in [6, 6.07) is 7.66. The molecule has 2 atom stereocenters. The molecular weight excluding hydrogens is 510 g/mol. The zero-order valence-electron chi connectivity index (χ0n) is 24.1. The van der Waals surface area contributed by atoms with Gasteiger partial charge in [-0.1, -0.05) is 0 Å². The smallest absolute Gasteiger partial charge is 0.407 e. The van der Waals surface area contributed by atoms with Crippen LogP contribution in [0, 0.1) is 0 Å². The molecule has 1 aromatic carbocycles. The van der Waals surface area contributed by atoms with E-state index in [2.05, 4.69) is 54.9 Å². The number of likely N-dealkylation sites (N-methyl/N-ethyl adjacent to an activating group) is 1. The SMILES string of the molecule is CN1CCN(c2ccc(Nc3ncc4c(n3)N(C)C(=O)N([C@H]3CCNC[C@H]3NC(=O)OC(C)(C)C)C4)cc2)CC1. The first-order chi connectivity index (χ1) is 19.1. The maximum atomic E-state index is 13.5. The van der Waals surface area contributed by atoms with Gasteiger partial charge >= 0.3 is 12.1 Å². The minimum Gasteiger partial charge on any atom is -0.444 e. The Hall–Kier alpha value is -3.64. The fraction of sp³-hybridized carbons (Fsp3) is 0.571. The van der Waals surface area contributed by atoms with Crippen molar-refractivity contribution in [3.63, 3.8) is 0 Å². The van der Waals surface area contributed by atoms with Gasteiger partial charge in [0.05, 0.1) is 18.6 Å². The number of hydrogen-bond acceptors (Lipinski definition) is 9. The molecule has 2 saturated heterocycles. The molecule has 2 aromatic rings. The predicted octanol–water partition coefficient (Wildman–Crippen LogP) is 2.60. The van der Waals surface area contributed by atoms with Gasteiger partial charge in [-0.15, -0.1) is 0 Å². The van der Waals surface area contributed by atoms with Crippen LogP contribution in [0.25, 0.3) is 0 Å². The number of nitrogens with zero attached hydrogens (tertiary/aromatic N) is 6. The van der Waals surface area contributed by atoms with Crippen LogP contribution in [0.1, 0.15) is 32.8 Å². The van der Waals surface area contributed by atoms with Gasteiger partial charge in [0.2, 0.25) is 5.95 Å². The second kappa shape index (κ2) is 11.5. The summed E-state index contributed by atoms with van der Waals surface area (Å²) in [4.78, 5) is 43.4. The molecule has 3 N–H and O–H groups in total. The van der Waals surface area contributed by atoms with E-state index in [-0.39, 0.29) is 18.1 Å². The highest BCUT2D eigenvalue weighted by atomic mass is 16.6. The number of amides is 3. The number of aromatic nitrogens is 2. The molecule has 12 nitrogen and oxygen atoms in total. The van der Waals surface area contributed by atoms with Crippen LogP contribution in [0.4, 0.5) is 32.7 Å². The van der Waals surface area contributed by atoms with Crippen LogP contribution >= 0.6 is 0 Å². The Morgan fingerprint density at radius 1 is 1.10 bits per heavy atom. The molecule has 40 heavy (non-hydrogen) atoms. The van der Waals surface area contributed by atoms with E-state index >= 15 is 0 Å². The molecule has 3 aliphatic heterocycles. The van der Waals surface area contributed by atoms with E-state index in [1.54, 1.807) is 23.0 Å². The van der Waals surface area contributed by atoms with Gasteiger partial charge in [-0.3, -0.25) is 4.90 Å². The van der Waals surface area contributed by atoms with E-state index in [0.29, 0.717) is 31.3 Å². The van der Waals surface area contributed by atoms with Crippen LogP contribution in [0.2, 0.25) is 0 Å². The number of rotatable bonds is 5. The van der Waals surface area contributed by atoms with E-state index in [1.165, 1.54) is 5.69 Å². The zero-order chi connectivity index (χ0) is 28.4. The normalized spacial score (nSPS) is 22.1. The van der Waals surface area contributed by atoms with Crippen molar-refractivity contribution in [1.82, 2.24) is 30.4 Å². The molecule has 5 rings (SSSR count). The molecule has 0 aliphatic carbocycles. The maximum Gasteiger partial charge on any atom is 0.407 e. The molecule has 0 spiro atoms. The second-order valence-electron chi connectivity index (χ2n) is 11.8. The van der Waals surface area contributed by atoms with Gasteiger partial charge in [-0.2, -0.15) is 4.98 Å². The van der Waals surface area contributed by atoms with Gasteiger partial charge in [0.1, 0.15) is 11.4 Å². The molecule has 0 saturated carbocycles. The lowest BCUT2D eigenvalue weighted by molar-refractivity contribution is 0.0449. The van der Waals surface area contributed by atoms with Crippen LogP contribution in [-0.2, 0) is 11.3 Å². The molecular formula is C28H41N9O3. The van der Waals surface area contributed by atoms with Crippen molar-refractivity contribution >= 4 is 35.3 Å². The summed E-state index contributed by atoms with van der Waals surface area (Å²) in [7, 11) is 3.88. The number of ether oxygens (including phenoxy) is 1. The van der Waals surface area contributed by atoms with Crippen LogP contribution in [0.5, 0.6) is 0 Å². The Kier molecular flexibility index (Phi) is 7.99. The van der Waals surface area contributed by atoms with E-state index in [4.69, 9.17) is 4.74 Å². The van der Waals surface area contributed by atoms with Crippen molar-refractivity contribution in [1.29, 1.82) is 0 Å². The highest BCUT2D eigenvalue weighted by Crippen LogP contribution is 2.30. The Morgan fingerprint density at radius 3 is 2.52 bits per heavy atom. The summed E-state index contributed by atoms with van der Waals surface area (Å²) in [5, 5.41) is 9.55. The first-order valence-electron chi connectivity index (χ1n) is 14.0. The average Bonchev–Trinajstić information content (AvgIpc) is 2.91. The van der Waals surface area contributed by atoms with Gasteiger partial charge in [-0.25, -0.2) is 14.6 Å². The van der Waals surface area contributed by atoms with Crippen molar-refractivity contribution < 1.29 is 14.3 Å². The number of carbonyl (C=O) groups is 2. The number of nitrogens with one attached hydrogen (secondary N) is 3. The Bertz CT molecular complexity index is 1210. The van der Waals surface area contributed by atoms with E-state index in [0.717, 1.165) is 44.0 Å². The lowest BCUT2D eigenvalue weighted by Gasteiger charge is -2.44. The van der Waals surface area contributed by atoms with Gasteiger partial charge in [0, 0.05) is 62.9 Å². The summed E-state index contributed by atoms with van der Waals surface area (Å²) in [6.07, 6.45) is 2.00. The van der Waals surface area contributed by atoms with E-state index < -0.39 is 11.7 Å². The molecule has 0 bridgehead atoms. The van der Waals surface area contributed by atoms with Crippen molar-refractivity contribution in [3.8, 4) is 0 Å². The number of piperidine rings is 1. The number of alkyl carbamates (subject to hydrolysis) is 1. The number of carbonyl (C=O) groups excluding carboxylic acids is 2. The van der Waals surface area contributed by atoms with Crippen molar-refractivity contribution in [2.24, 2.45) is 0 Å². The van der Waals surface area contributed by atoms with E-state index in [9.17, 15) is 9.59 Å². The minimum absolute atomic E-state index is 0.156. The average molecular weight is 552 g/mol. The van der Waals surface area contributed by atoms with Gasteiger partial charge in [0.25, 0.3) is 0 Å². The Morgan fingerprint density at radius 2 is 1.82 bits per heavy atom. The van der Waals surface area contributed by atoms with Crippen LogP contribution < -0.4 is 25.8 Å². The molecule has 2 fully saturated rings. The van der Waals surface area contributed by atoms with Crippen LogP contribution in [-0.4, -0.2) is 103 Å². The minimum atomic E-state index is -0.600. The number of anilines is 4. The highest BCUT2D eigenvalue weighted by molar-refractivity contribution is 5.93. The Labute approximate surface area is 236 Å². The van der Waals surface area contributed by atoms with Crippen LogP contribution in [0.15, 0.2) is 30.5 Å². The van der Waals surface area contributed by atoms with Crippen molar-refractivity contribution in [2.75, 3.05) is 68.5 Å². The molecule has 1 aromatic heterocycles. The van der Waals surface area contributed by atoms with Gasteiger partial charge in [-0.05, 0) is 65.0 Å². The third-order valence-electron chi connectivity index (χ3n) is 7.57. The molecule has 3 amide bonds. The molecule has 3 aliphatic rings. The molecule has 0 unspecified atom stereocenters. The maximum absolute atomic E-state index is 13.5. The fourth-order valence-electron chi connectivity index (χ4n) is 5.43. The number of hydrogen-bond donors (Lipinski definition) is 3. The third kappa shape index (κ3) is 6.39. The topological polar surface area (TPSA) is 118 Å². The largest absolute Gasteiger partial charge is 0.444 e. The number of benzene rings is 1. The van der Waals surface area contributed by atoms with Gasteiger partial charge in [0.15, 0.2) is 0 Å². The van der Waals surface area contributed by atoms with Gasteiger partial charge < -0.3 is 35.4 Å². The van der Waals surface area contributed by atoms with Crippen LogP contribution in [0.3, 0.4) is 0 Å². The number of fused-ring (bicyclic) bond motifs is 1. The first-order valence-corrected chi connectivity index (χ1v) is 14.0. The molecule has 12 heteroatoms. The lowest BCUT2D eigenvalue weighted by Crippen LogP contribution is -2.63. The van der Waals surface area contributed by atoms with E-state index in [1.807, 2.05) is 32.9 Å². The number of urea groups is 1. The first kappa shape index (κ1) is 27.9. The summed E-state index contributed by atoms with van der Waals surface area (Å²) in [5.74, 6) is 1.02. The van der Waals surface area contributed by atoms with Crippen molar-refractivity contribution in [2.45, 2.75) is 51.4 Å². The standard InChI is InChI=1S/C28H41N9O3/c1-28(2,3)40-26(38)32-22-17-29-11-10-23(22)37-18-19-16-30-25(33-24(19)35(5)27(37)39)31-20-6-8-21(9-7-20)36-14-12-34(4)13-15-36/h6-9,16,22-23,29H,10-15,17-18H2,1-5H3,(H,32,38)(H,30,31,33)/t22-,23+/m1/s1. The third-order valence-corrected chi connectivity index (χ3v) is 7.57. The monoisotopic (exact) mass is 551 g/mol. The summed E-state index contributed by atoms with van der Waals surface area (Å²) in [6.45, 7) is 11.3. The molecule has 216 valence electrons. The zero-order valence-corrected chi connectivity index (χ0v) is 24.1. The summed E-state index contributed by atoms with van der Waals surface area (Å²) in [5.41, 5.74) is 2.34. The summed E-state index contributed by atoms with van der Waals surface area (Å²) >= 11 is 0. The predicted molar refractivity (Wildman–Crippen MR) is 155 cm³/mol. The fourth-order valence-corrected chi connectivity index (χ4v) is 5.43. The second-order valence-corrected chi connectivity index (χ2v) is 11.8. The molecule has 0 radical (unpaired) electrons. The quantitative estimate of drug-likeness (QED) is 0.515. The lowest BCUT2D eigenvalue weighted by atomic mass is 9.98. The molecule has 4 heterocycles. The highest BCUT2D eigenvalue weighted by Gasteiger charge is 2.39. The number of piperazine rings is 1.